The number of nitrogen functional groups attached to an aromatic ring is 1. The first-order chi connectivity index (χ1) is 8.68. The molecule has 0 amide bonds. The molecule has 0 fully saturated rings. The van der Waals surface area contributed by atoms with Crippen molar-refractivity contribution >= 4 is 22.9 Å². The van der Waals surface area contributed by atoms with Crippen molar-refractivity contribution in [3.8, 4) is 5.00 Å². The molecule has 0 bridgehead atoms. The van der Waals surface area contributed by atoms with Crippen molar-refractivity contribution in [1.29, 1.82) is 0 Å². The van der Waals surface area contributed by atoms with Crippen molar-refractivity contribution in [2.45, 2.75) is 19.3 Å². The SMILES string of the molecule is Nc1cc(=O)c2c(n1-c1cccs1)CCCC2=O. The summed E-state index contributed by atoms with van der Waals surface area (Å²) in [6.45, 7) is 0. The highest BCUT2D eigenvalue weighted by molar-refractivity contribution is 7.12. The van der Waals surface area contributed by atoms with Crippen LogP contribution in [0, 0.1) is 0 Å². The Balaban J connectivity index is 2.36. The number of ketones is 1. The third-order valence-electron chi connectivity index (χ3n) is 3.16. The van der Waals surface area contributed by atoms with E-state index in [1.165, 1.54) is 17.4 Å². The van der Waals surface area contributed by atoms with Gasteiger partial charge in [-0.3, -0.25) is 14.2 Å². The Morgan fingerprint density at radius 3 is 2.83 bits per heavy atom. The Morgan fingerprint density at radius 1 is 1.28 bits per heavy atom. The average molecular weight is 260 g/mol. The maximum absolute atomic E-state index is 11.9. The number of pyridine rings is 1. The van der Waals surface area contributed by atoms with Crippen molar-refractivity contribution in [2.75, 3.05) is 5.73 Å². The Hall–Kier alpha value is -1.88. The number of hydrogen-bond donors (Lipinski definition) is 1. The van der Waals surface area contributed by atoms with Crippen LogP contribution in [0.1, 0.15) is 28.9 Å². The molecule has 4 nitrogen and oxygen atoms in total. The van der Waals surface area contributed by atoms with Gasteiger partial charge in [0, 0.05) is 18.2 Å². The zero-order valence-corrected chi connectivity index (χ0v) is 10.5. The summed E-state index contributed by atoms with van der Waals surface area (Å²) in [5, 5.41) is 2.89. The Bertz CT molecular complexity index is 671. The predicted octanol–water partition coefficient (Wildman–Crippen LogP) is 2.00. The van der Waals surface area contributed by atoms with E-state index in [1.807, 2.05) is 22.1 Å². The van der Waals surface area contributed by atoms with Crippen LogP contribution in [-0.2, 0) is 6.42 Å². The molecule has 5 heteroatoms. The minimum Gasteiger partial charge on any atom is -0.385 e. The number of rotatable bonds is 1. The summed E-state index contributed by atoms with van der Waals surface area (Å²) in [5.41, 5.74) is 6.78. The normalized spacial score (nSPS) is 14.6. The molecule has 0 unspecified atom stereocenters. The van der Waals surface area contributed by atoms with Gasteiger partial charge in [0.2, 0.25) is 0 Å². The van der Waals surface area contributed by atoms with Gasteiger partial charge < -0.3 is 5.73 Å². The lowest BCUT2D eigenvalue weighted by atomic mass is 9.94. The number of nitrogens with two attached hydrogens (primary N) is 1. The Kier molecular flexibility index (Phi) is 2.56. The molecule has 2 N–H and O–H groups in total. The van der Waals surface area contributed by atoms with E-state index in [2.05, 4.69) is 0 Å². The lowest BCUT2D eigenvalue weighted by molar-refractivity contribution is 0.0970. The standard InChI is InChI=1S/C13H12N2O2S/c14-11-7-10(17)13-8(3-1-4-9(13)16)15(11)12-5-2-6-18-12/h2,5-7H,1,3-4,14H2. The molecule has 0 aliphatic heterocycles. The highest BCUT2D eigenvalue weighted by Crippen LogP contribution is 2.26. The van der Waals surface area contributed by atoms with Gasteiger partial charge in [0.25, 0.3) is 0 Å². The second-order valence-electron chi connectivity index (χ2n) is 4.32. The van der Waals surface area contributed by atoms with Gasteiger partial charge in [-0.1, -0.05) is 0 Å². The van der Waals surface area contributed by atoms with Gasteiger partial charge in [-0.15, -0.1) is 11.3 Å². The molecular formula is C13H12N2O2S. The second kappa shape index (κ2) is 4.10. The quantitative estimate of drug-likeness (QED) is 0.853. The molecule has 0 spiro atoms. The number of carbonyl (C=O) groups excluding carboxylic acids is 1. The zero-order valence-electron chi connectivity index (χ0n) is 9.68. The molecule has 0 atom stereocenters. The summed E-state index contributed by atoms with van der Waals surface area (Å²) >= 11 is 1.54. The molecule has 18 heavy (non-hydrogen) atoms. The average Bonchev–Trinajstić information content (AvgIpc) is 2.82. The third-order valence-corrected chi connectivity index (χ3v) is 4.02. The second-order valence-corrected chi connectivity index (χ2v) is 5.24. The summed E-state index contributed by atoms with van der Waals surface area (Å²) in [4.78, 5) is 23.8. The predicted molar refractivity (Wildman–Crippen MR) is 71.6 cm³/mol. The van der Waals surface area contributed by atoms with Crippen LogP contribution in [0.15, 0.2) is 28.4 Å². The molecule has 0 saturated carbocycles. The van der Waals surface area contributed by atoms with Gasteiger partial charge in [-0.05, 0) is 30.4 Å². The summed E-state index contributed by atoms with van der Waals surface area (Å²) in [5.74, 6) is 0.336. The van der Waals surface area contributed by atoms with E-state index in [0.29, 0.717) is 17.8 Å². The number of carbonyl (C=O) groups is 1. The summed E-state index contributed by atoms with van der Waals surface area (Å²) in [6, 6.07) is 5.21. The van der Waals surface area contributed by atoms with Crippen LogP contribution >= 0.6 is 11.3 Å². The number of nitrogens with zero attached hydrogens (tertiary/aromatic N) is 1. The summed E-state index contributed by atoms with van der Waals surface area (Å²) < 4.78 is 1.83. The zero-order chi connectivity index (χ0) is 12.7. The Morgan fingerprint density at radius 2 is 2.11 bits per heavy atom. The molecule has 0 radical (unpaired) electrons. The van der Waals surface area contributed by atoms with Gasteiger partial charge in [0.1, 0.15) is 10.8 Å². The maximum Gasteiger partial charge on any atom is 0.194 e. The smallest absolute Gasteiger partial charge is 0.194 e. The highest BCUT2D eigenvalue weighted by Gasteiger charge is 2.24. The van der Waals surface area contributed by atoms with E-state index in [0.717, 1.165) is 23.5 Å². The molecule has 1 aliphatic carbocycles. The highest BCUT2D eigenvalue weighted by atomic mass is 32.1. The van der Waals surface area contributed by atoms with Crippen molar-refractivity contribution in [3.63, 3.8) is 0 Å². The fourth-order valence-electron chi connectivity index (χ4n) is 2.41. The van der Waals surface area contributed by atoms with E-state index in [4.69, 9.17) is 5.73 Å². The van der Waals surface area contributed by atoms with E-state index >= 15 is 0 Å². The van der Waals surface area contributed by atoms with Crippen molar-refractivity contribution in [3.05, 3.63) is 45.1 Å². The molecule has 0 saturated heterocycles. The molecule has 1 aliphatic rings. The number of thiophene rings is 1. The Labute approximate surface area is 108 Å². The van der Waals surface area contributed by atoms with Crippen LogP contribution in [0.4, 0.5) is 5.82 Å². The fraction of sp³-hybridized carbons (Fsp3) is 0.231. The number of Topliss-reactive ketones (excluding diaryl/α,β-unsaturated/α-hetero) is 1. The molecule has 2 aromatic rings. The van der Waals surface area contributed by atoms with Crippen LogP contribution in [0.25, 0.3) is 5.00 Å². The van der Waals surface area contributed by atoms with Crippen LogP contribution in [0.3, 0.4) is 0 Å². The van der Waals surface area contributed by atoms with E-state index < -0.39 is 0 Å². The lowest BCUT2D eigenvalue weighted by Gasteiger charge is -2.21. The minimum absolute atomic E-state index is 0.0634. The largest absolute Gasteiger partial charge is 0.385 e. The van der Waals surface area contributed by atoms with E-state index in [-0.39, 0.29) is 11.2 Å². The van der Waals surface area contributed by atoms with Crippen molar-refractivity contribution < 1.29 is 4.79 Å². The number of hydrogen-bond acceptors (Lipinski definition) is 4. The van der Waals surface area contributed by atoms with Crippen LogP contribution in [0.5, 0.6) is 0 Å². The van der Waals surface area contributed by atoms with Crippen molar-refractivity contribution in [1.82, 2.24) is 4.57 Å². The topological polar surface area (TPSA) is 65.1 Å². The molecule has 0 aromatic carbocycles. The number of fused-ring (bicyclic) bond motifs is 1. The van der Waals surface area contributed by atoms with Crippen LogP contribution in [-0.4, -0.2) is 10.4 Å². The van der Waals surface area contributed by atoms with Crippen molar-refractivity contribution in [2.24, 2.45) is 0 Å². The first-order valence-electron chi connectivity index (χ1n) is 5.80. The monoisotopic (exact) mass is 260 g/mol. The van der Waals surface area contributed by atoms with Crippen LogP contribution in [0.2, 0.25) is 0 Å². The first kappa shape index (κ1) is 11.2. The van der Waals surface area contributed by atoms with Crippen LogP contribution < -0.4 is 11.2 Å². The maximum atomic E-state index is 11.9. The van der Waals surface area contributed by atoms with Gasteiger partial charge in [0.05, 0.1) is 5.56 Å². The van der Waals surface area contributed by atoms with Gasteiger partial charge in [-0.25, -0.2) is 0 Å². The fourth-order valence-corrected chi connectivity index (χ4v) is 3.19. The first-order valence-corrected chi connectivity index (χ1v) is 6.68. The molecule has 92 valence electrons. The molecule has 3 rings (SSSR count). The minimum atomic E-state index is -0.250. The van der Waals surface area contributed by atoms with E-state index in [9.17, 15) is 9.59 Å². The lowest BCUT2D eigenvalue weighted by Crippen LogP contribution is -2.27. The van der Waals surface area contributed by atoms with Gasteiger partial charge in [0.15, 0.2) is 11.2 Å². The summed E-state index contributed by atoms with van der Waals surface area (Å²) in [7, 11) is 0. The molecule has 2 heterocycles. The van der Waals surface area contributed by atoms with Gasteiger partial charge in [-0.2, -0.15) is 0 Å². The van der Waals surface area contributed by atoms with Gasteiger partial charge >= 0.3 is 0 Å². The molecular weight excluding hydrogens is 248 g/mol. The number of aromatic nitrogens is 1. The summed E-state index contributed by atoms with van der Waals surface area (Å²) in [6.07, 6.45) is 1.95. The van der Waals surface area contributed by atoms with E-state index in [1.54, 1.807) is 0 Å². The third kappa shape index (κ3) is 1.59. The number of anilines is 1. The molecule has 2 aromatic heterocycles.